The molecular weight excluding hydrogens is 406 g/mol. The van der Waals surface area contributed by atoms with Crippen LogP contribution in [-0.2, 0) is 11.8 Å². The molecule has 1 aliphatic heterocycles. The Bertz CT molecular complexity index is 1160. The summed E-state index contributed by atoms with van der Waals surface area (Å²) in [5, 5.41) is 4.58. The number of fused-ring (bicyclic) bond motifs is 1. The van der Waals surface area contributed by atoms with Gasteiger partial charge in [-0.1, -0.05) is 29.8 Å². The molecule has 3 heterocycles. The third kappa shape index (κ3) is 3.82. The van der Waals surface area contributed by atoms with Gasteiger partial charge in [0.2, 0.25) is 5.95 Å². The van der Waals surface area contributed by atoms with E-state index in [-0.39, 0.29) is 17.7 Å². The summed E-state index contributed by atoms with van der Waals surface area (Å²) in [6.07, 6.45) is 2.93. The molecule has 0 unspecified atom stereocenters. The van der Waals surface area contributed by atoms with Gasteiger partial charge in [-0.3, -0.25) is 9.36 Å². The van der Waals surface area contributed by atoms with Gasteiger partial charge in [0, 0.05) is 53.9 Å². The van der Waals surface area contributed by atoms with Crippen LogP contribution in [0, 0.1) is 0 Å². The van der Waals surface area contributed by atoms with Crippen molar-refractivity contribution in [2.24, 2.45) is 7.05 Å². The molecule has 1 fully saturated rings. The number of carbonyl (C=O) groups is 1. The third-order valence-corrected chi connectivity index (χ3v) is 5.70. The highest BCUT2D eigenvalue weighted by molar-refractivity contribution is 6.33. The summed E-state index contributed by atoms with van der Waals surface area (Å²) in [4.78, 5) is 35.2. The second-order valence-corrected chi connectivity index (χ2v) is 7.66. The largest absolute Gasteiger partial charge is 0.453 e. The maximum Gasteiger partial charge on any atom is 0.409 e. The predicted octanol–water partition coefficient (Wildman–Crippen LogP) is 3.29. The summed E-state index contributed by atoms with van der Waals surface area (Å²) in [6, 6.07) is 9.17. The average Bonchev–Trinajstić information content (AvgIpc) is 2.77. The Labute approximate surface area is 178 Å². The van der Waals surface area contributed by atoms with E-state index in [0.29, 0.717) is 40.8 Å². The van der Waals surface area contributed by atoms with Crippen molar-refractivity contribution in [3.8, 4) is 11.1 Å². The zero-order valence-electron chi connectivity index (χ0n) is 16.8. The first-order valence-electron chi connectivity index (χ1n) is 9.69. The van der Waals surface area contributed by atoms with E-state index in [1.807, 2.05) is 18.2 Å². The van der Waals surface area contributed by atoms with E-state index in [4.69, 9.17) is 16.3 Å². The van der Waals surface area contributed by atoms with E-state index in [1.165, 1.54) is 11.7 Å². The minimum absolute atomic E-state index is 0.141. The van der Waals surface area contributed by atoms with E-state index < -0.39 is 0 Å². The molecule has 4 rings (SSSR count). The molecule has 1 aromatic carbocycles. The molecule has 0 radical (unpaired) electrons. The lowest BCUT2D eigenvalue weighted by Crippen LogP contribution is -2.42. The summed E-state index contributed by atoms with van der Waals surface area (Å²) in [5.74, 6) is 0.458. The number of hydrogen-bond acceptors (Lipinski definition) is 6. The highest BCUT2D eigenvalue weighted by Gasteiger charge is 2.23. The van der Waals surface area contributed by atoms with Crippen molar-refractivity contribution in [3.63, 3.8) is 0 Å². The van der Waals surface area contributed by atoms with Crippen LogP contribution in [0.1, 0.15) is 12.8 Å². The minimum Gasteiger partial charge on any atom is -0.453 e. The zero-order valence-corrected chi connectivity index (χ0v) is 17.5. The van der Waals surface area contributed by atoms with Gasteiger partial charge >= 0.3 is 6.09 Å². The van der Waals surface area contributed by atoms with Crippen LogP contribution in [0.4, 0.5) is 10.7 Å². The molecule has 1 saturated heterocycles. The van der Waals surface area contributed by atoms with Gasteiger partial charge < -0.3 is 15.0 Å². The first-order chi connectivity index (χ1) is 14.5. The zero-order chi connectivity index (χ0) is 21.3. The predicted molar refractivity (Wildman–Crippen MR) is 116 cm³/mol. The molecule has 1 amide bonds. The molecule has 0 bridgehead atoms. The highest BCUT2D eigenvalue weighted by atomic mass is 35.5. The van der Waals surface area contributed by atoms with Gasteiger partial charge in [0.15, 0.2) is 0 Å². The Hall–Kier alpha value is -3.13. The second kappa shape index (κ2) is 8.31. The van der Waals surface area contributed by atoms with Crippen molar-refractivity contribution in [2.75, 3.05) is 25.5 Å². The molecule has 1 N–H and O–H groups in total. The highest BCUT2D eigenvalue weighted by Crippen LogP contribution is 2.27. The SMILES string of the molecule is COC(=O)N1CCC(Nc2ncc3cc(-c4ccccc4Cl)c(=O)n(C)c3n2)CC1. The number of hydrogen-bond donors (Lipinski definition) is 1. The summed E-state index contributed by atoms with van der Waals surface area (Å²) in [7, 11) is 3.08. The van der Waals surface area contributed by atoms with Crippen LogP contribution in [0.15, 0.2) is 41.3 Å². The van der Waals surface area contributed by atoms with Crippen molar-refractivity contribution < 1.29 is 9.53 Å². The van der Waals surface area contributed by atoms with Crippen LogP contribution in [0.2, 0.25) is 5.02 Å². The van der Waals surface area contributed by atoms with E-state index >= 15 is 0 Å². The Morgan fingerprint density at radius 3 is 2.67 bits per heavy atom. The lowest BCUT2D eigenvalue weighted by atomic mass is 10.1. The molecule has 8 nitrogen and oxygen atoms in total. The van der Waals surface area contributed by atoms with Gasteiger partial charge in [0.05, 0.1) is 7.11 Å². The first kappa shape index (κ1) is 20.2. The van der Waals surface area contributed by atoms with Gasteiger partial charge in [-0.2, -0.15) is 4.98 Å². The Kier molecular flexibility index (Phi) is 5.59. The molecule has 9 heteroatoms. The number of nitrogens with zero attached hydrogens (tertiary/aromatic N) is 4. The van der Waals surface area contributed by atoms with Crippen molar-refractivity contribution in [2.45, 2.75) is 18.9 Å². The number of rotatable bonds is 3. The molecule has 0 saturated carbocycles. The number of aromatic nitrogens is 3. The lowest BCUT2D eigenvalue weighted by molar-refractivity contribution is 0.113. The molecule has 3 aromatic rings. The topological polar surface area (TPSA) is 89.4 Å². The number of aryl methyl sites for hydroxylation is 1. The van der Waals surface area contributed by atoms with Gasteiger partial charge in [-0.15, -0.1) is 0 Å². The fourth-order valence-electron chi connectivity index (χ4n) is 3.71. The van der Waals surface area contributed by atoms with Crippen LogP contribution in [0.25, 0.3) is 22.2 Å². The van der Waals surface area contributed by atoms with E-state index in [0.717, 1.165) is 18.2 Å². The first-order valence-corrected chi connectivity index (χ1v) is 10.1. The maximum absolute atomic E-state index is 12.9. The number of likely N-dealkylation sites (tertiary alicyclic amines) is 1. The van der Waals surface area contributed by atoms with Gasteiger partial charge in [-0.25, -0.2) is 9.78 Å². The fraction of sp³-hybridized carbons (Fsp3) is 0.333. The number of piperidine rings is 1. The standard InChI is InChI=1S/C21H22ClN5O3/c1-26-18-13(11-16(19(26)28)15-5-3-4-6-17(15)22)12-23-20(25-18)24-14-7-9-27(10-8-14)21(29)30-2/h3-6,11-12,14H,7-10H2,1-2H3,(H,23,24,25). The summed E-state index contributed by atoms with van der Waals surface area (Å²) in [6.45, 7) is 1.22. The summed E-state index contributed by atoms with van der Waals surface area (Å²) < 4.78 is 6.28. The average molecular weight is 428 g/mol. The van der Waals surface area contributed by atoms with Crippen molar-refractivity contribution >= 4 is 34.7 Å². The van der Waals surface area contributed by atoms with Crippen LogP contribution >= 0.6 is 11.6 Å². The molecule has 0 atom stereocenters. The number of anilines is 1. The van der Waals surface area contributed by atoms with Crippen molar-refractivity contribution in [1.82, 2.24) is 19.4 Å². The normalized spacial score (nSPS) is 14.7. The molecular formula is C21H22ClN5O3. The summed E-state index contributed by atoms with van der Waals surface area (Å²) in [5.41, 5.74) is 1.56. The van der Waals surface area contributed by atoms with Crippen LogP contribution in [-0.4, -0.2) is 51.8 Å². The molecule has 2 aromatic heterocycles. The molecule has 156 valence electrons. The van der Waals surface area contributed by atoms with Crippen molar-refractivity contribution in [3.05, 3.63) is 51.9 Å². The number of halogens is 1. The molecule has 0 spiro atoms. The van der Waals surface area contributed by atoms with Gasteiger partial charge in [-0.05, 0) is 25.0 Å². The minimum atomic E-state index is -0.306. The lowest BCUT2D eigenvalue weighted by Gasteiger charge is -2.31. The Balaban J connectivity index is 1.59. The number of amides is 1. The number of pyridine rings is 1. The monoisotopic (exact) mass is 427 g/mol. The molecule has 0 aliphatic carbocycles. The van der Waals surface area contributed by atoms with Crippen LogP contribution in [0.5, 0.6) is 0 Å². The number of ether oxygens (including phenoxy) is 1. The maximum atomic E-state index is 12.9. The van der Waals surface area contributed by atoms with Crippen LogP contribution in [0.3, 0.4) is 0 Å². The summed E-state index contributed by atoms with van der Waals surface area (Å²) >= 11 is 6.29. The van der Waals surface area contributed by atoms with E-state index in [1.54, 1.807) is 30.3 Å². The van der Waals surface area contributed by atoms with Gasteiger partial charge in [0.1, 0.15) is 5.65 Å². The van der Waals surface area contributed by atoms with E-state index in [2.05, 4.69) is 15.3 Å². The molecule has 30 heavy (non-hydrogen) atoms. The number of carbonyl (C=O) groups excluding carboxylic acids is 1. The number of methoxy groups -OCH3 is 1. The quantitative estimate of drug-likeness (QED) is 0.689. The van der Waals surface area contributed by atoms with E-state index in [9.17, 15) is 9.59 Å². The Morgan fingerprint density at radius 1 is 1.23 bits per heavy atom. The fourth-order valence-corrected chi connectivity index (χ4v) is 3.94. The van der Waals surface area contributed by atoms with Crippen molar-refractivity contribution in [1.29, 1.82) is 0 Å². The second-order valence-electron chi connectivity index (χ2n) is 7.25. The van der Waals surface area contributed by atoms with Gasteiger partial charge in [0.25, 0.3) is 5.56 Å². The molecule has 1 aliphatic rings. The Morgan fingerprint density at radius 2 is 1.97 bits per heavy atom. The smallest absolute Gasteiger partial charge is 0.409 e. The van der Waals surface area contributed by atoms with Crippen LogP contribution < -0.4 is 10.9 Å². The number of nitrogens with one attached hydrogen (secondary N) is 1. The number of benzene rings is 1. The third-order valence-electron chi connectivity index (χ3n) is 5.37.